The Morgan fingerprint density at radius 1 is 0.625 bits per heavy atom. The molecular formula is C44H75O11P. The maximum atomic E-state index is 12.6. The standard InChI is InChI=1S/C44H75O11P/c1-3-5-7-8-9-10-11-12-13-14-18-21-24-27-30-34-43(48)52-38-42(39-54-56(50,51)53-37-41(47)36-45)55-44(49)35-31-28-25-22-19-16-15-17-20-23-26-29-33-40(46)32-6-4-2/h6,12-13,15-16,20,22-23,25-26,29,32,40-42,45-47H,3-5,7-11,14,17-19,21,24,27-28,30-31,33-39H2,1-2H3,(H,50,51)/b13-12-,16-15-,23-20-,25-22-,29-26+,32-6-/t40?,41-,42+/m0/s1. The van der Waals surface area contributed by atoms with Gasteiger partial charge in [-0.2, -0.15) is 0 Å². The zero-order valence-corrected chi connectivity index (χ0v) is 35.3. The Morgan fingerprint density at radius 3 is 1.86 bits per heavy atom. The summed E-state index contributed by atoms with van der Waals surface area (Å²) in [5.41, 5.74) is 0. The lowest BCUT2D eigenvalue weighted by molar-refractivity contribution is -0.161. The Hall–Kier alpha value is -2.63. The lowest BCUT2D eigenvalue weighted by Gasteiger charge is -2.20. The molecule has 0 radical (unpaired) electrons. The third kappa shape index (κ3) is 38.3. The molecule has 0 aromatic rings. The Labute approximate surface area is 338 Å². The Kier molecular flexibility index (Phi) is 37.4. The van der Waals surface area contributed by atoms with Gasteiger partial charge in [0, 0.05) is 12.8 Å². The van der Waals surface area contributed by atoms with Crippen molar-refractivity contribution in [2.24, 2.45) is 0 Å². The number of ether oxygens (including phenoxy) is 2. The van der Waals surface area contributed by atoms with Gasteiger partial charge in [-0.15, -0.1) is 0 Å². The SMILES string of the molecule is CC/C=C\C(O)C/C=C/C=C\C/C=C\C/C=C\CCCC(=O)O[C@H](COC(=O)CCCCCCC/C=C\CCCCCCCC)COP(=O)(O)OC[C@@H](O)CO. The van der Waals surface area contributed by atoms with E-state index in [2.05, 4.69) is 35.8 Å². The molecule has 0 aliphatic rings. The molecule has 0 aliphatic carbocycles. The van der Waals surface area contributed by atoms with Crippen molar-refractivity contribution in [3.63, 3.8) is 0 Å². The van der Waals surface area contributed by atoms with E-state index in [1.54, 1.807) is 6.08 Å². The van der Waals surface area contributed by atoms with Crippen molar-refractivity contribution in [2.45, 2.75) is 167 Å². The first kappa shape index (κ1) is 53.4. The number of phosphoric ester groups is 1. The van der Waals surface area contributed by atoms with Crippen LogP contribution in [-0.4, -0.2) is 76.9 Å². The van der Waals surface area contributed by atoms with E-state index in [0.717, 1.165) is 57.8 Å². The fourth-order valence-electron chi connectivity index (χ4n) is 5.16. The van der Waals surface area contributed by atoms with Gasteiger partial charge in [0.25, 0.3) is 0 Å². The predicted molar refractivity (Wildman–Crippen MR) is 225 cm³/mol. The van der Waals surface area contributed by atoms with Gasteiger partial charge in [0.1, 0.15) is 12.7 Å². The summed E-state index contributed by atoms with van der Waals surface area (Å²) < 4.78 is 32.6. The molecule has 0 saturated carbocycles. The zero-order valence-electron chi connectivity index (χ0n) is 34.4. The molecule has 0 fully saturated rings. The van der Waals surface area contributed by atoms with Crippen molar-refractivity contribution >= 4 is 19.8 Å². The molecule has 0 aliphatic heterocycles. The zero-order chi connectivity index (χ0) is 41.4. The second kappa shape index (κ2) is 39.2. The van der Waals surface area contributed by atoms with Crippen LogP contribution in [0.25, 0.3) is 0 Å². The molecule has 0 heterocycles. The number of aliphatic hydroxyl groups is 3. The minimum absolute atomic E-state index is 0.0831. The van der Waals surface area contributed by atoms with Gasteiger partial charge in [0.2, 0.25) is 0 Å². The van der Waals surface area contributed by atoms with Gasteiger partial charge in [-0.1, -0.05) is 138 Å². The Balaban J connectivity index is 4.48. The topological polar surface area (TPSA) is 169 Å². The highest BCUT2D eigenvalue weighted by atomic mass is 31.2. The van der Waals surface area contributed by atoms with E-state index < -0.39 is 57.9 Å². The van der Waals surface area contributed by atoms with Crippen molar-refractivity contribution in [1.29, 1.82) is 0 Å². The number of unbranched alkanes of at least 4 members (excludes halogenated alkanes) is 12. The van der Waals surface area contributed by atoms with Crippen molar-refractivity contribution in [1.82, 2.24) is 0 Å². The summed E-state index contributed by atoms with van der Waals surface area (Å²) in [5.74, 6) is -1.03. The van der Waals surface area contributed by atoms with Crippen LogP contribution in [0.3, 0.4) is 0 Å². The van der Waals surface area contributed by atoms with Crippen LogP contribution in [0.2, 0.25) is 0 Å². The summed E-state index contributed by atoms with van der Waals surface area (Å²) in [6.45, 7) is 2.03. The van der Waals surface area contributed by atoms with Gasteiger partial charge in [-0.25, -0.2) is 4.57 Å². The van der Waals surface area contributed by atoms with Gasteiger partial charge >= 0.3 is 19.8 Å². The molecule has 12 heteroatoms. The van der Waals surface area contributed by atoms with E-state index in [1.165, 1.54) is 38.5 Å². The summed E-state index contributed by atoms with van der Waals surface area (Å²) in [7, 11) is -4.65. The van der Waals surface area contributed by atoms with E-state index in [4.69, 9.17) is 19.1 Å². The van der Waals surface area contributed by atoms with Crippen LogP contribution >= 0.6 is 7.82 Å². The number of esters is 2. The summed E-state index contributed by atoms with van der Waals surface area (Å²) in [5, 5.41) is 28.1. The maximum Gasteiger partial charge on any atom is 0.472 e. The van der Waals surface area contributed by atoms with E-state index in [1.807, 2.05) is 49.5 Å². The van der Waals surface area contributed by atoms with E-state index in [0.29, 0.717) is 25.7 Å². The van der Waals surface area contributed by atoms with E-state index in [9.17, 15) is 29.3 Å². The molecule has 322 valence electrons. The average molecular weight is 811 g/mol. The second-order valence-corrected chi connectivity index (χ2v) is 15.3. The maximum absolute atomic E-state index is 12.6. The molecular weight excluding hydrogens is 735 g/mol. The first-order chi connectivity index (χ1) is 27.1. The molecule has 0 aromatic carbocycles. The lowest BCUT2D eigenvalue weighted by Crippen LogP contribution is -2.29. The van der Waals surface area contributed by atoms with E-state index >= 15 is 0 Å². The van der Waals surface area contributed by atoms with Crippen molar-refractivity contribution in [2.75, 3.05) is 26.4 Å². The number of carbonyl (C=O) groups is 2. The second-order valence-electron chi connectivity index (χ2n) is 13.8. The fourth-order valence-corrected chi connectivity index (χ4v) is 5.95. The van der Waals surface area contributed by atoms with Crippen LogP contribution in [-0.2, 0) is 32.7 Å². The van der Waals surface area contributed by atoms with Gasteiger partial charge in [0.15, 0.2) is 6.10 Å². The highest BCUT2D eigenvalue weighted by molar-refractivity contribution is 7.47. The summed E-state index contributed by atoms with van der Waals surface area (Å²) in [6.07, 6.45) is 40.7. The number of hydrogen-bond donors (Lipinski definition) is 4. The lowest BCUT2D eigenvalue weighted by atomic mass is 10.1. The van der Waals surface area contributed by atoms with Crippen LogP contribution in [0.5, 0.6) is 0 Å². The van der Waals surface area contributed by atoms with Crippen LogP contribution in [0.1, 0.15) is 149 Å². The quantitative estimate of drug-likeness (QED) is 0.0154. The predicted octanol–water partition coefficient (Wildman–Crippen LogP) is 9.86. The molecule has 11 nitrogen and oxygen atoms in total. The highest BCUT2D eigenvalue weighted by Gasteiger charge is 2.27. The number of aliphatic hydroxyl groups excluding tert-OH is 3. The van der Waals surface area contributed by atoms with Gasteiger partial charge < -0.3 is 29.7 Å². The van der Waals surface area contributed by atoms with Crippen molar-refractivity contribution < 1.29 is 52.9 Å². The third-order valence-electron chi connectivity index (χ3n) is 8.42. The molecule has 0 spiro atoms. The summed E-state index contributed by atoms with van der Waals surface area (Å²) in [6, 6.07) is 0. The third-order valence-corrected chi connectivity index (χ3v) is 9.37. The van der Waals surface area contributed by atoms with Crippen LogP contribution in [0.15, 0.2) is 72.9 Å². The highest BCUT2D eigenvalue weighted by Crippen LogP contribution is 2.43. The van der Waals surface area contributed by atoms with Gasteiger partial charge in [0.05, 0.1) is 25.9 Å². The first-order valence-electron chi connectivity index (χ1n) is 21.0. The molecule has 0 aromatic heterocycles. The van der Waals surface area contributed by atoms with Gasteiger partial charge in [-0.05, 0) is 70.6 Å². The smallest absolute Gasteiger partial charge is 0.462 e. The molecule has 0 bridgehead atoms. The average Bonchev–Trinajstić information content (AvgIpc) is 3.18. The van der Waals surface area contributed by atoms with Crippen LogP contribution < -0.4 is 0 Å². The summed E-state index contributed by atoms with van der Waals surface area (Å²) in [4.78, 5) is 34.9. The molecule has 4 atom stereocenters. The monoisotopic (exact) mass is 811 g/mol. The molecule has 2 unspecified atom stereocenters. The molecule has 4 N–H and O–H groups in total. The number of hydrogen-bond acceptors (Lipinski definition) is 10. The molecule has 0 saturated heterocycles. The van der Waals surface area contributed by atoms with Crippen LogP contribution in [0, 0.1) is 0 Å². The normalized spacial score (nSPS) is 15.2. The minimum Gasteiger partial charge on any atom is -0.462 e. The fraction of sp³-hybridized carbons (Fsp3) is 0.682. The summed E-state index contributed by atoms with van der Waals surface area (Å²) >= 11 is 0. The molecule has 0 amide bonds. The van der Waals surface area contributed by atoms with Crippen molar-refractivity contribution in [3.05, 3.63) is 72.9 Å². The van der Waals surface area contributed by atoms with Crippen molar-refractivity contribution in [3.8, 4) is 0 Å². The minimum atomic E-state index is -4.65. The van der Waals surface area contributed by atoms with Crippen LogP contribution in [0.4, 0.5) is 0 Å². The number of carbonyl (C=O) groups excluding carboxylic acids is 2. The molecule has 0 rings (SSSR count). The number of phosphoric acid groups is 1. The Bertz CT molecular complexity index is 1180. The molecule has 56 heavy (non-hydrogen) atoms. The number of allylic oxidation sites excluding steroid dienone is 10. The largest absolute Gasteiger partial charge is 0.472 e. The number of rotatable bonds is 38. The first-order valence-corrected chi connectivity index (χ1v) is 22.5. The van der Waals surface area contributed by atoms with E-state index in [-0.39, 0.29) is 19.4 Å². The Morgan fingerprint density at radius 2 is 1.18 bits per heavy atom. The van der Waals surface area contributed by atoms with Gasteiger partial charge in [-0.3, -0.25) is 18.6 Å².